The van der Waals surface area contributed by atoms with Crippen LogP contribution in [0, 0.1) is 5.41 Å². The number of hydrogen-bond acceptors (Lipinski definition) is 2. The van der Waals surface area contributed by atoms with E-state index in [1.165, 1.54) is 0 Å². The van der Waals surface area contributed by atoms with Crippen LogP contribution in [0.25, 0.3) is 0 Å². The van der Waals surface area contributed by atoms with Gasteiger partial charge in [0.1, 0.15) is 0 Å². The van der Waals surface area contributed by atoms with Gasteiger partial charge in [-0.15, -0.1) is 0 Å². The molecule has 0 fully saturated rings. The molecule has 0 aromatic carbocycles. The second kappa shape index (κ2) is 2.38. The molecule has 1 unspecified atom stereocenters. The van der Waals surface area contributed by atoms with Crippen molar-refractivity contribution in [3.63, 3.8) is 0 Å². The zero-order chi connectivity index (χ0) is 7.78. The normalized spacial score (nSPS) is 25.9. The van der Waals surface area contributed by atoms with Gasteiger partial charge in [0.15, 0.2) is 0 Å². The molecule has 2 nitrogen and oxygen atoms in total. The number of nitrogens with zero attached hydrogens (tertiary/aromatic N) is 1. The number of rotatable bonds is 0. The molecule has 1 aliphatic heterocycles. The summed E-state index contributed by atoms with van der Waals surface area (Å²) in [7, 11) is -0.203. The molecule has 1 heterocycles. The topological polar surface area (TPSA) is 21.6 Å². The highest BCUT2D eigenvalue weighted by Crippen LogP contribution is 2.28. The second-order valence-corrected chi connectivity index (χ2v) is 4.76. The van der Waals surface area contributed by atoms with E-state index < -0.39 is 0 Å². The van der Waals surface area contributed by atoms with E-state index in [9.17, 15) is 0 Å². The fraction of sp³-hybridized carbons (Fsp3) is 0.714. The summed E-state index contributed by atoms with van der Waals surface area (Å²) in [5.41, 5.74) is 1.28. The van der Waals surface area contributed by atoms with E-state index in [1.54, 1.807) is 0 Å². The van der Waals surface area contributed by atoms with Crippen LogP contribution in [0.15, 0.2) is 5.16 Å². The Hall–Kier alpha value is -0.310. The Morgan fingerprint density at radius 3 is 2.40 bits per heavy atom. The van der Waals surface area contributed by atoms with Gasteiger partial charge in [0, 0.05) is 16.2 Å². The number of hydrogen-bond donors (Lipinski definition) is 0. The van der Waals surface area contributed by atoms with Gasteiger partial charge in [0.2, 0.25) is 0 Å². The summed E-state index contributed by atoms with van der Waals surface area (Å²) >= 11 is 0. The Morgan fingerprint density at radius 1 is 1.60 bits per heavy atom. The molecule has 0 N–H and O–H groups in total. The third-order valence-electron chi connectivity index (χ3n) is 1.42. The van der Waals surface area contributed by atoms with Gasteiger partial charge in [-0.3, -0.25) is 0 Å². The van der Waals surface area contributed by atoms with Crippen molar-refractivity contribution in [1.82, 2.24) is 0 Å². The Kier molecular flexibility index (Phi) is 1.86. The fourth-order valence-electron chi connectivity index (χ4n) is 0.656. The van der Waals surface area contributed by atoms with Crippen LogP contribution in [0.2, 0.25) is 0 Å². The van der Waals surface area contributed by atoms with Crippen molar-refractivity contribution in [3.8, 4) is 0 Å². The van der Waals surface area contributed by atoms with Crippen molar-refractivity contribution >= 4 is 22.3 Å². The molecule has 0 amide bonds. The maximum Gasteiger partial charge on any atom is 0.0767 e. The molecular weight excluding hydrogens is 146 g/mol. The SMILES string of the molecule is C=S1CC(C(C)(C)C)=NO1. The van der Waals surface area contributed by atoms with E-state index in [0.29, 0.717) is 0 Å². The smallest absolute Gasteiger partial charge is 0.0767 e. The lowest BCUT2D eigenvalue weighted by Crippen LogP contribution is -2.20. The van der Waals surface area contributed by atoms with Gasteiger partial charge >= 0.3 is 0 Å². The quantitative estimate of drug-likeness (QED) is 0.496. The van der Waals surface area contributed by atoms with E-state index in [0.717, 1.165) is 11.5 Å². The Balaban J connectivity index is 2.69. The summed E-state index contributed by atoms with van der Waals surface area (Å²) in [5.74, 6) is 4.70. The molecule has 58 valence electrons. The molecule has 0 spiro atoms. The molecule has 0 bridgehead atoms. The summed E-state index contributed by atoms with van der Waals surface area (Å²) in [6.07, 6.45) is 0. The van der Waals surface area contributed by atoms with Gasteiger partial charge in [-0.05, 0) is 5.87 Å². The lowest BCUT2D eigenvalue weighted by Gasteiger charge is -2.15. The zero-order valence-corrected chi connectivity index (χ0v) is 7.49. The van der Waals surface area contributed by atoms with Crippen molar-refractivity contribution in [2.75, 3.05) is 5.75 Å². The monoisotopic (exact) mass is 159 g/mol. The largest absolute Gasteiger partial charge is 0.331 e. The van der Waals surface area contributed by atoms with Crippen LogP contribution < -0.4 is 0 Å². The first kappa shape index (κ1) is 7.79. The summed E-state index contributed by atoms with van der Waals surface area (Å²) in [6, 6.07) is 0. The Labute approximate surface area is 64.4 Å². The zero-order valence-electron chi connectivity index (χ0n) is 6.68. The standard InChI is InChI=1S/C7H13NOS/c1-7(2,3)6-5-10(4)9-8-6/h4-5H2,1-3H3. The molecule has 1 atom stereocenters. The van der Waals surface area contributed by atoms with E-state index >= 15 is 0 Å². The second-order valence-electron chi connectivity index (χ2n) is 3.45. The van der Waals surface area contributed by atoms with Gasteiger partial charge in [0.05, 0.1) is 11.5 Å². The van der Waals surface area contributed by atoms with Gasteiger partial charge in [-0.25, -0.2) is 0 Å². The maximum atomic E-state index is 5.00. The summed E-state index contributed by atoms with van der Waals surface area (Å²) in [4.78, 5) is 0. The summed E-state index contributed by atoms with van der Waals surface area (Å²) in [6.45, 7) is 6.41. The molecule has 1 aliphatic rings. The molecule has 0 saturated heterocycles. The van der Waals surface area contributed by atoms with Gasteiger partial charge in [0.25, 0.3) is 0 Å². The van der Waals surface area contributed by atoms with E-state index in [2.05, 4.69) is 31.8 Å². The molecule has 0 aliphatic carbocycles. The molecule has 0 aromatic rings. The van der Waals surface area contributed by atoms with Crippen molar-refractivity contribution in [3.05, 3.63) is 0 Å². The molecule has 10 heavy (non-hydrogen) atoms. The van der Waals surface area contributed by atoms with E-state index in [4.69, 9.17) is 4.28 Å². The molecule has 3 heteroatoms. The van der Waals surface area contributed by atoms with Gasteiger partial charge < -0.3 is 4.28 Å². The minimum Gasteiger partial charge on any atom is -0.331 e. The minimum atomic E-state index is -0.203. The molecule has 0 radical (unpaired) electrons. The molecule has 1 rings (SSSR count). The highest BCUT2D eigenvalue weighted by Gasteiger charge is 2.24. The molecule has 0 saturated carbocycles. The fourth-order valence-corrected chi connectivity index (χ4v) is 1.70. The lowest BCUT2D eigenvalue weighted by molar-refractivity contribution is 0.405. The van der Waals surface area contributed by atoms with Crippen LogP contribution in [-0.4, -0.2) is 17.3 Å². The van der Waals surface area contributed by atoms with E-state index in [1.807, 2.05) is 0 Å². The first-order valence-corrected chi connectivity index (χ1v) is 4.74. The van der Waals surface area contributed by atoms with Crippen molar-refractivity contribution in [2.45, 2.75) is 20.8 Å². The third kappa shape index (κ3) is 1.59. The van der Waals surface area contributed by atoms with Crippen molar-refractivity contribution in [1.29, 1.82) is 0 Å². The maximum absolute atomic E-state index is 5.00. The highest BCUT2D eigenvalue weighted by atomic mass is 32.2. The average molecular weight is 159 g/mol. The predicted octanol–water partition coefficient (Wildman–Crippen LogP) is 2.03. The Bertz CT molecular complexity index is 190. The van der Waals surface area contributed by atoms with Crippen LogP contribution in [0.1, 0.15) is 20.8 Å². The summed E-state index contributed by atoms with van der Waals surface area (Å²) < 4.78 is 5.00. The predicted molar refractivity (Wildman–Crippen MR) is 47.6 cm³/mol. The third-order valence-corrected chi connectivity index (χ3v) is 2.30. The van der Waals surface area contributed by atoms with Crippen LogP contribution in [0.3, 0.4) is 0 Å². The van der Waals surface area contributed by atoms with Crippen LogP contribution in [0.5, 0.6) is 0 Å². The van der Waals surface area contributed by atoms with E-state index in [-0.39, 0.29) is 16.2 Å². The minimum absolute atomic E-state index is 0.152. The van der Waals surface area contributed by atoms with Gasteiger partial charge in [-0.1, -0.05) is 25.9 Å². The van der Waals surface area contributed by atoms with Crippen molar-refractivity contribution in [2.24, 2.45) is 10.6 Å². The molecular formula is C7H13NOS. The Morgan fingerprint density at radius 2 is 2.20 bits per heavy atom. The number of oxime groups is 1. The van der Waals surface area contributed by atoms with Crippen molar-refractivity contribution < 1.29 is 4.28 Å². The first-order chi connectivity index (χ1) is 4.50. The highest BCUT2D eigenvalue weighted by molar-refractivity contribution is 8.10. The van der Waals surface area contributed by atoms with Crippen LogP contribution in [-0.2, 0) is 4.28 Å². The van der Waals surface area contributed by atoms with Crippen LogP contribution >= 0.6 is 10.8 Å². The molecule has 0 aromatic heterocycles. The lowest BCUT2D eigenvalue weighted by atomic mass is 9.91. The first-order valence-electron chi connectivity index (χ1n) is 3.25. The summed E-state index contributed by atoms with van der Waals surface area (Å²) in [5, 5.41) is 3.95. The van der Waals surface area contributed by atoms with Gasteiger partial charge in [-0.2, -0.15) is 0 Å². The van der Waals surface area contributed by atoms with Crippen LogP contribution in [0.4, 0.5) is 0 Å². The average Bonchev–Trinajstić information content (AvgIpc) is 2.11.